The van der Waals surface area contributed by atoms with Crippen molar-refractivity contribution in [1.82, 2.24) is 20.5 Å². The molecule has 0 aliphatic heterocycles. The third-order valence-electron chi connectivity index (χ3n) is 2.74. The summed E-state index contributed by atoms with van der Waals surface area (Å²) in [6, 6.07) is 4.52. The number of benzene rings is 1. The number of ether oxygens (including phenoxy) is 1. The third kappa shape index (κ3) is 4.64. The molecule has 0 aliphatic rings. The van der Waals surface area contributed by atoms with Gasteiger partial charge in [-0.15, -0.1) is 0 Å². The zero-order valence-corrected chi connectivity index (χ0v) is 12.1. The topological polar surface area (TPSA) is 62.8 Å². The van der Waals surface area contributed by atoms with Crippen LogP contribution in [0.4, 0.5) is 8.78 Å². The molecule has 114 valence electrons. The maximum absolute atomic E-state index is 12.3. The number of aryl methyl sites for hydroxylation is 1. The lowest BCUT2D eigenvalue weighted by atomic mass is 10.2. The predicted octanol–water partition coefficient (Wildman–Crippen LogP) is 2.91. The van der Waals surface area contributed by atoms with E-state index >= 15 is 0 Å². The summed E-state index contributed by atoms with van der Waals surface area (Å²) in [5, 5.41) is 10.3. The first-order valence-electron chi connectivity index (χ1n) is 6.42. The minimum absolute atomic E-state index is 0.105. The molecular weight excluding hydrogens is 302 g/mol. The number of aromatic amines is 1. The van der Waals surface area contributed by atoms with Crippen molar-refractivity contribution in [2.45, 2.75) is 33.0 Å². The molecule has 0 atom stereocenters. The summed E-state index contributed by atoms with van der Waals surface area (Å²) in [5.74, 6) is 1.52. The molecule has 1 aromatic carbocycles. The van der Waals surface area contributed by atoms with Crippen LogP contribution in [0, 0.1) is 0 Å². The highest BCUT2D eigenvalue weighted by Gasteiger charge is 2.10. The Morgan fingerprint density at radius 3 is 2.86 bits per heavy atom. The summed E-state index contributed by atoms with van der Waals surface area (Å²) < 4.78 is 29.1. The molecule has 0 saturated carbocycles. The normalized spacial score (nSPS) is 11.1. The first-order valence-corrected chi connectivity index (χ1v) is 6.80. The second-order valence-electron chi connectivity index (χ2n) is 4.29. The first-order chi connectivity index (χ1) is 10.1. The Balaban J connectivity index is 1.96. The molecule has 0 bridgehead atoms. The third-order valence-corrected chi connectivity index (χ3v) is 2.98. The minimum Gasteiger partial charge on any atom is -0.434 e. The van der Waals surface area contributed by atoms with Gasteiger partial charge in [0.05, 0.1) is 6.54 Å². The van der Waals surface area contributed by atoms with E-state index in [0.29, 0.717) is 29.5 Å². The van der Waals surface area contributed by atoms with E-state index in [0.717, 1.165) is 12.2 Å². The van der Waals surface area contributed by atoms with E-state index in [4.69, 9.17) is 11.6 Å². The predicted molar refractivity (Wildman–Crippen MR) is 74.4 cm³/mol. The minimum atomic E-state index is -2.87. The number of halogens is 3. The number of aromatic nitrogens is 3. The van der Waals surface area contributed by atoms with E-state index in [-0.39, 0.29) is 5.75 Å². The van der Waals surface area contributed by atoms with Crippen LogP contribution >= 0.6 is 11.6 Å². The molecule has 2 rings (SSSR count). The quantitative estimate of drug-likeness (QED) is 0.824. The highest BCUT2D eigenvalue weighted by atomic mass is 35.5. The van der Waals surface area contributed by atoms with Gasteiger partial charge in [0.2, 0.25) is 0 Å². The molecule has 0 amide bonds. The molecule has 0 fully saturated rings. The van der Waals surface area contributed by atoms with Crippen LogP contribution in [0.1, 0.15) is 24.1 Å². The fraction of sp³-hybridized carbons (Fsp3) is 0.385. The molecular formula is C13H15ClF2N4O. The van der Waals surface area contributed by atoms with Crippen LogP contribution in [-0.2, 0) is 19.5 Å². The van der Waals surface area contributed by atoms with E-state index in [1.165, 1.54) is 12.1 Å². The number of hydrogen-bond donors (Lipinski definition) is 2. The molecule has 0 aliphatic carbocycles. The number of nitrogens with one attached hydrogen (secondary N) is 2. The number of rotatable bonds is 7. The fourth-order valence-corrected chi connectivity index (χ4v) is 1.98. The first kappa shape index (κ1) is 15.7. The van der Waals surface area contributed by atoms with Gasteiger partial charge < -0.3 is 10.1 Å². The number of alkyl halides is 2. The van der Waals surface area contributed by atoms with Crippen molar-refractivity contribution in [2.24, 2.45) is 0 Å². The Morgan fingerprint density at radius 2 is 2.19 bits per heavy atom. The van der Waals surface area contributed by atoms with E-state index in [1.54, 1.807) is 6.07 Å². The van der Waals surface area contributed by atoms with Crippen molar-refractivity contribution >= 4 is 11.6 Å². The van der Waals surface area contributed by atoms with Gasteiger partial charge in [-0.2, -0.15) is 13.9 Å². The highest BCUT2D eigenvalue weighted by Crippen LogP contribution is 2.24. The lowest BCUT2D eigenvalue weighted by Gasteiger charge is -2.11. The molecule has 21 heavy (non-hydrogen) atoms. The molecule has 1 heterocycles. The van der Waals surface area contributed by atoms with Crippen molar-refractivity contribution < 1.29 is 13.5 Å². The van der Waals surface area contributed by atoms with Crippen molar-refractivity contribution in [1.29, 1.82) is 0 Å². The molecule has 0 radical (unpaired) electrons. The van der Waals surface area contributed by atoms with Crippen LogP contribution in [0.25, 0.3) is 0 Å². The average Bonchev–Trinajstić information content (AvgIpc) is 2.89. The summed E-state index contributed by atoms with van der Waals surface area (Å²) in [4.78, 5) is 4.24. The summed E-state index contributed by atoms with van der Waals surface area (Å²) in [7, 11) is 0. The Morgan fingerprint density at radius 1 is 1.38 bits per heavy atom. The maximum Gasteiger partial charge on any atom is 0.387 e. The van der Waals surface area contributed by atoms with Crippen molar-refractivity contribution in [3.8, 4) is 5.75 Å². The molecule has 0 saturated heterocycles. The SMILES string of the molecule is CCc1n[nH]c(CNCc2cc(Cl)ccc2OC(F)F)n1. The zero-order chi connectivity index (χ0) is 15.2. The van der Waals surface area contributed by atoms with Crippen LogP contribution in [-0.4, -0.2) is 21.8 Å². The van der Waals surface area contributed by atoms with Gasteiger partial charge in [-0.25, -0.2) is 4.98 Å². The van der Waals surface area contributed by atoms with Crippen molar-refractivity contribution in [3.05, 3.63) is 40.4 Å². The largest absolute Gasteiger partial charge is 0.434 e. The molecule has 5 nitrogen and oxygen atoms in total. The fourth-order valence-electron chi connectivity index (χ4n) is 1.78. The molecule has 0 unspecified atom stereocenters. The highest BCUT2D eigenvalue weighted by molar-refractivity contribution is 6.30. The average molecular weight is 317 g/mol. The second-order valence-corrected chi connectivity index (χ2v) is 4.72. The van der Waals surface area contributed by atoms with E-state index < -0.39 is 6.61 Å². The molecule has 2 aromatic rings. The van der Waals surface area contributed by atoms with Crippen LogP contribution in [0.2, 0.25) is 5.02 Å². The Labute approximate surface area is 125 Å². The maximum atomic E-state index is 12.3. The standard InChI is InChI=1S/C13H15ClF2N4O/c1-2-11-18-12(20-19-11)7-17-6-8-5-9(14)3-4-10(8)21-13(15)16/h3-5,13,17H,2,6-7H2,1H3,(H,18,19,20). The van der Waals surface area contributed by atoms with Crippen LogP contribution in [0.5, 0.6) is 5.75 Å². The Hall–Kier alpha value is -1.73. The van der Waals surface area contributed by atoms with E-state index in [9.17, 15) is 8.78 Å². The van der Waals surface area contributed by atoms with Crippen LogP contribution in [0.3, 0.4) is 0 Å². The van der Waals surface area contributed by atoms with Crippen molar-refractivity contribution in [2.75, 3.05) is 0 Å². The van der Waals surface area contributed by atoms with Gasteiger partial charge in [-0.1, -0.05) is 18.5 Å². The molecule has 0 spiro atoms. The smallest absolute Gasteiger partial charge is 0.387 e. The second kappa shape index (κ2) is 7.33. The molecule has 2 N–H and O–H groups in total. The van der Waals surface area contributed by atoms with E-state index in [1.807, 2.05) is 6.92 Å². The number of nitrogens with zero attached hydrogens (tertiary/aromatic N) is 2. The summed E-state index contributed by atoms with van der Waals surface area (Å²) in [6.45, 7) is -0.148. The molecule has 8 heteroatoms. The number of hydrogen-bond acceptors (Lipinski definition) is 4. The summed E-state index contributed by atoms with van der Waals surface area (Å²) in [6.07, 6.45) is 0.747. The number of H-pyrrole nitrogens is 1. The van der Waals surface area contributed by atoms with Gasteiger partial charge >= 0.3 is 6.61 Å². The summed E-state index contributed by atoms with van der Waals surface area (Å²) >= 11 is 5.87. The van der Waals surface area contributed by atoms with Crippen LogP contribution < -0.4 is 10.1 Å². The Kier molecular flexibility index (Phi) is 5.46. The Bertz CT molecular complexity index is 591. The molecule has 1 aromatic heterocycles. The van der Waals surface area contributed by atoms with Gasteiger partial charge in [0, 0.05) is 23.6 Å². The van der Waals surface area contributed by atoms with Crippen molar-refractivity contribution in [3.63, 3.8) is 0 Å². The zero-order valence-electron chi connectivity index (χ0n) is 11.4. The lowest BCUT2D eigenvalue weighted by Crippen LogP contribution is -2.15. The lowest BCUT2D eigenvalue weighted by molar-refractivity contribution is -0.0505. The van der Waals surface area contributed by atoms with E-state index in [2.05, 4.69) is 25.2 Å². The van der Waals surface area contributed by atoms with Gasteiger partial charge in [0.25, 0.3) is 0 Å². The van der Waals surface area contributed by atoms with Gasteiger partial charge in [-0.05, 0) is 18.2 Å². The monoisotopic (exact) mass is 316 g/mol. The van der Waals surface area contributed by atoms with Gasteiger partial charge in [0.15, 0.2) is 0 Å². The van der Waals surface area contributed by atoms with Gasteiger partial charge in [0.1, 0.15) is 17.4 Å². The van der Waals surface area contributed by atoms with Crippen LogP contribution in [0.15, 0.2) is 18.2 Å². The van der Waals surface area contributed by atoms with Gasteiger partial charge in [-0.3, -0.25) is 5.10 Å². The summed E-state index contributed by atoms with van der Waals surface area (Å²) in [5.41, 5.74) is 0.554.